The molecule has 1 atom stereocenters. The Morgan fingerprint density at radius 2 is 1.68 bits per heavy atom. The highest BCUT2D eigenvalue weighted by Gasteiger charge is 2.32. The van der Waals surface area contributed by atoms with Gasteiger partial charge in [0, 0.05) is 6.54 Å². The Kier molecular flexibility index (Phi) is 4.79. The quantitative estimate of drug-likeness (QED) is 0.797. The van der Waals surface area contributed by atoms with Gasteiger partial charge in [-0.25, -0.2) is 0 Å². The summed E-state index contributed by atoms with van der Waals surface area (Å²) in [5.74, 6) is 0. The lowest BCUT2D eigenvalue weighted by atomic mass is 9.92. The molecule has 0 bridgehead atoms. The molecule has 0 spiro atoms. The topological polar surface area (TPSA) is 12.5 Å². The fraction of sp³-hybridized carbons (Fsp3) is 0.467. The van der Waals surface area contributed by atoms with E-state index < -0.39 is 0 Å². The molecular formula is C15H21NOS2. The number of rotatable bonds is 6. The molecule has 104 valence electrons. The maximum Gasteiger partial charge on any atom is 0.117 e. The van der Waals surface area contributed by atoms with E-state index >= 15 is 0 Å². The minimum absolute atomic E-state index is 0.180. The van der Waals surface area contributed by atoms with Crippen LogP contribution in [-0.2, 0) is 10.3 Å². The van der Waals surface area contributed by atoms with Crippen LogP contribution >= 0.6 is 22.7 Å². The van der Waals surface area contributed by atoms with Crippen molar-refractivity contribution in [2.45, 2.75) is 25.6 Å². The highest BCUT2D eigenvalue weighted by Crippen LogP contribution is 2.36. The Labute approximate surface area is 123 Å². The second-order valence-electron chi connectivity index (χ2n) is 5.25. The van der Waals surface area contributed by atoms with Crippen molar-refractivity contribution in [3.8, 4) is 0 Å². The summed E-state index contributed by atoms with van der Waals surface area (Å²) < 4.78 is 6.41. The van der Waals surface area contributed by atoms with Crippen molar-refractivity contribution in [2.75, 3.05) is 20.6 Å². The number of thiophene rings is 2. The lowest BCUT2D eigenvalue weighted by Crippen LogP contribution is -2.35. The van der Waals surface area contributed by atoms with E-state index in [0.717, 1.165) is 6.54 Å². The zero-order valence-corrected chi connectivity index (χ0v) is 13.6. The second kappa shape index (κ2) is 6.18. The third kappa shape index (κ3) is 3.45. The van der Waals surface area contributed by atoms with Gasteiger partial charge in [-0.15, -0.1) is 0 Å². The van der Waals surface area contributed by atoms with Gasteiger partial charge in [0.1, 0.15) is 5.60 Å². The summed E-state index contributed by atoms with van der Waals surface area (Å²) in [6.45, 7) is 5.23. The molecule has 0 saturated heterocycles. The summed E-state index contributed by atoms with van der Waals surface area (Å²) in [6.07, 6.45) is 0.180. The number of nitrogens with zero attached hydrogens (tertiary/aromatic N) is 1. The highest BCUT2D eigenvalue weighted by atomic mass is 32.1. The average molecular weight is 295 g/mol. The van der Waals surface area contributed by atoms with Crippen LogP contribution in [-0.4, -0.2) is 31.6 Å². The van der Waals surface area contributed by atoms with Crippen molar-refractivity contribution in [1.82, 2.24) is 4.90 Å². The van der Waals surface area contributed by atoms with E-state index in [1.807, 2.05) is 0 Å². The molecule has 2 aromatic heterocycles. The van der Waals surface area contributed by atoms with E-state index in [0.29, 0.717) is 0 Å². The van der Waals surface area contributed by atoms with Gasteiger partial charge in [-0.3, -0.25) is 0 Å². The van der Waals surface area contributed by atoms with Crippen molar-refractivity contribution in [3.05, 3.63) is 44.8 Å². The van der Waals surface area contributed by atoms with Gasteiger partial charge in [-0.2, -0.15) is 22.7 Å². The predicted molar refractivity (Wildman–Crippen MR) is 84.2 cm³/mol. The van der Waals surface area contributed by atoms with Gasteiger partial charge < -0.3 is 9.64 Å². The van der Waals surface area contributed by atoms with Crippen LogP contribution < -0.4 is 0 Å². The fourth-order valence-electron chi connectivity index (χ4n) is 2.33. The van der Waals surface area contributed by atoms with Crippen LogP contribution in [0.1, 0.15) is 25.0 Å². The average Bonchev–Trinajstić information content (AvgIpc) is 3.02. The van der Waals surface area contributed by atoms with Crippen LogP contribution in [0.3, 0.4) is 0 Å². The molecule has 0 N–H and O–H groups in total. The number of ether oxygens (including phenoxy) is 1. The molecule has 2 rings (SSSR count). The van der Waals surface area contributed by atoms with Gasteiger partial charge >= 0.3 is 0 Å². The molecule has 2 heterocycles. The first-order valence-corrected chi connectivity index (χ1v) is 8.29. The van der Waals surface area contributed by atoms with Crippen LogP contribution in [0.15, 0.2) is 33.7 Å². The summed E-state index contributed by atoms with van der Waals surface area (Å²) in [6, 6.07) is 4.31. The van der Waals surface area contributed by atoms with Crippen LogP contribution in [0.5, 0.6) is 0 Å². The lowest BCUT2D eigenvalue weighted by Gasteiger charge is -2.33. The third-order valence-electron chi connectivity index (χ3n) is 3.20. The minimum atomic E-state index is -0.352. The molecule has 0 aliphatic rings. The molecule has 2 aromatic rings. The minimum Gasteiger partial charge on any atom is -0.362 e. The molecule has 0 aliphatic carbocycles. The van der Waals surface area contributed by atoms with Crippen molar-refractivity contribution < 1.29 is 4.74 Å². The Hall–Kier alpha value is -0.680. The Bertz CT molecular complexity index is 442. The molecule has 4 heteroatoms. The standard InChI is InChI=1S/C15H21NOS2/c1-12(9-16(3)4)17-15(2,13-5-7-18-10-13)14-6-8-19-11-14/h5-8,10-12H,9H2,1-4H3. The van der Waals surface area contributed by atoms with Crippen LogP contribution in [0.25, 0.3) is 0 Å². The molecule has 0 amide bonds. The maximum atomic E-state index is 6.41. The van der Waals surface area contributed by atoms with Gasteiger partial charge in [0.2, 0.25) is 0 Å². The van der Waals surface area contributed by atoms with Crippen LogP contribution in [0, 0.1) is 0 Å². The molecular weight excluding hydrogens is 274 g/mol. The molecule has 19 heavy (non-hydrogen) atoms. The van der Waals surface area contributed by atoms with E-state index in [1.165, 1.54) is 11.1 Å². The smallest absolute Gasteiger partial charge is 0.117 e. The molecule has 0 aliphatic heterocycles. The van der Waals surface area contributed by atoms with E-state index in [9.17, 15) is 0 Å². The first-order valence-electron chi connectivity index (χ1n) is 6.40. The van der Waals surface area contributed by atoms with Gasteiger partial charge in [0.25, 0.3) is 0 Å². The normalized spacial score (nSPS) is 13.9. The lowest BCUT2D eigenvalue weighted by molar-refractivity contribution is -0.0603. The van der Waals surface area contributed by atoms with E-state index in [1.54, 1.807) is 22.7 Å². The van der Waals surface area contributed by atoms with E-state index in [2.05, 4.69) is 66.5 Å². The Balaban J connectivity index is 2.26. The van der Waals surface area contributed by atoms with Gasteiger partial charge in [0.15, 0.2) is 0 Å². The van der Waals surface area contributed by atoms with Crippen molar-refractivity contribution in [3.63, 3.8) is 0 Å². The third-order valence-corrected chi connectivity index (χ3v) is 4.57. The van der Waals surface area contributed by atoms with E-state index in [4.69, 9.17) is 4.74 Å². The number of hydrogen-bond acceptors (Lipinski definition) is 4. The first kappa shape index (κ1) is 14.7. The summed E-state index contributed by atoms with van der Waals surface area (Å²) in [5, 5.41) is 8.58. The van der Waals surface area contributed by atoms with E-state index in [-0.39, 0.29) is 11.7 Å². The highest BCUT2D eigenvalue weighted by molar-refractivity contribution is 7.08. The number of hydrogen-bond donors (Lipinski definition) is 0. The first-order chi connectivity index (χ1) is 9.02. The molecule has 2 nitrogen and oxygen atoms in total. The summed E-state index contributed by atoms with van der Waals surface area (Å²) in [7, 11) is 4.15. The molecule has 0 aromatic carbocycles. The zero-order valence-electron chi connectivity index (χ0n) is 11.9. The van der Waals surface area contributed by atoms with Crippen LogP contribution in [0.2, 0.25) is 0 Å². The fourth-order valence-corrected chi connectivity index (χ4v) is 3.84. The molecule has 0 fully saturated rings. The summed E-state index contributed by atoms with van der Waals surface area (Å²) >= 11 is 3.44. The molecule has 0 saturated carbocycles. The monoisotopic (exact) mass is 295 g/mol. The SMILES string of the molecule is CC(CN(C)C)OC(C)(c1ccsc1)c1ccsc1. The summed E-state index contributed by atoms with van der Waals surface area (Å²) in [4.78, 5) is 2.16. The van der Waals surface area contributed by atoms with Gasteiger partial charge in [0.05, 0.1) is 6.10 Å². The summed E-state index contributed by atoms with van der Waals surface area (Å²) in [5.41, 5.74) is 2.12. The van der Waals surface area contributed by atoms with Gasteiger partial charge in [-0.05, 0) is 72.7 Å². The van der Waals surface area contributed by atoms with Gasteiger partial charge in [-0.1, -0.05) is 0 Å². The van der Waals surface area contributed by atoms with Crippen molar-refractivity contribution >= 4 is 22.7 Å². The largest absolute Gasteiger partial charge is 0.362 e. The molecule has 0 radical (unpaired) electrons. The van der Waals surface area contributed by atoms with Crippen LogP contribution in [0.4, 0.5) is 0 Å². The number of likely N-dealkylation sites (N-methyl/N-ethyl adjacent to an activating group) is 1. The molecule has 1 unspecified atom stereocenters. The van der Waals surface area contributed by atoms with Crippen molar-refractivity contribution in [2.24, 2.45) is 0 Å². The zero-order chi connectivity index (χ0) is 13.9. The second-order valence-corrected chi connectivity index (χ2v) is 6.81. The predicted octanol–water partition coefficient (Wildman–Crippen LogP) is 4.04. The van der Waals surface area contributed by atoms with Crippen molar-refractivity contribution in [1.29, 1.82) is 0 Å². The Morgan fingerprint density at radius 1 is 1.16 bits per heavy atom. The Morgan fingerprint density at radius 3 is 2.05 bits per heavy atom. The maximum absolute atomic E-state index is 6.41.